The lowest BCUT2D eigenvalue weighted by Gasteiger charge is -2.13. The molecule has 4 nitrogen and oxygen atoms in total. The van der Waals surface area contributed by atoms with Gasteiger partial charge in [0.15, 0.2) is 11.5 Å². The highest BCUT2D eigenvalue weighted by Crippen LogP contribution is 2.32. The van der Waals surface area contributed by atoms with Gasteiger partial charge in [0.2, 0.25) is 0 Å². The molecule has 0 spiro atoms. The zero-order chi connectivity index (χ0) is 17.6. The van der Waals surface area contributed by atoms with Gasteiger partial charge in [0, 0.05) is 0 Å². The number of ether oxygens (including phenoxy) is 2. The highest BCUT2D eigenvalue weighted by molar-refractivity contribution is 8.26. The van der Waals surface area contributed by atoms with Crippen LogP contribution in [0.25, 0.3) is 6.08 Å². The van der Waals surface area contributed by atoms with Crippen molar-refractivity contribution in [3.8, 4) is 11.5 Å². The predicted molar refractivity (Wildman–Crippen MR) is 105 cm³/mol. The van der Waals surface area contributed by atoms with E-state index in [1.807, 2.05) is 55.5 Å². The molecule has 1 amide bonds. The molecule has 0 aromatic heterocycles. The van der Waals surface area contributed by atoms with Gasteiger partial charge < -0.3 is 14.8 Å². The molecule has 6 heteroatoms. The van der Waals surface area contributed by atoms with Crippen molar-refractivity contribution in [2.75, 3.05) is 6.61 Å². The second-order valence-corrected chi connectivity index (χ2v) is 6.98. The summed E-state index contributed by atoms with van der Waals surface area (Å²) in [6.07, 6.45) is 1.79. The zero-order valence-electron chi connectivity index (χ0n) is 13.7. The minimum Gasteiger partial charge on any atom is -0.490 e. The smallest absolute Gasteiger partial charge is 0.263 e. The third-order valence-corrected chi connectivity index (χ3v) is 4.61. The van der Waals surface area contributed by atoms with Crippen molar-refractivity contribution >= 4 is 40.3 Å². The highest BCUT2D eigenvalue weighted by atomic mass is 32.2. The predicted octanol–water partition coefficient (Wildman–Crippen LogP) is 4.15. The maximum atomic E-state index is 11.8. The minimum absolute atomic E-state index is 0.169. The number of hydrogen-bond donors (Lipinski definition) is 1. The van der Waals surface area contributed by atoms with Crippen LogP contribution in [0.5, 0.6) is 11.5 Å². The van der Waals surface area contributed by atoms with Gasteiger partial charge >= 0.3 is 0 Å². The van der Waals surface area contributed by atoms with E-state index < -0.39 is 0 Å². The van der Waals surface area contributed by atoms with Gasteiger partial charge in [-0.2, -0.15) is 0 Å². The fraction of sp³-hybridized carbons (Fsp3) is 0.158. The largest absolute Gasteiger partial charge is 0.490 e. The number of thiocarbonyl (C=S) groups is 1. The van der Waals surface area contributed by atoms with Crippen LogP contribution in [0.1, 0.15) is 18.1 Å². The lowest BCUT2D eigenvalue weighted by molar-refractivity contribution is -0.115. The molecule has 1 fully saturated rings. The first kappa shape index (κ1) is 17.5. The van der Waals surface area contributed by atoms with Crippen molar-refractivity contribution in [1.82, 2.24) is 5.32 Å². The van der Waals surface area contributed by atoms with Crippen LogP contribution in [0.15, 0.2) is 53.4 Å². The molecule has 0 aliphatic carbocycles. The Morgan fingerprint density at radius 2 is 1.92 bits per heavy atom. The Morgan fingerprint density at radius 1 is 1.12 bits per heavy atom. The van der Waals surface area contributed by atoms with Gasteiger partial charge in [0.25, 0.3) is 5.91 Å². The number of thioether (sulfide) groups is 1. The van der Waals surface area contributed by atoms with Crippen LogP contribution in [0, 0.1) is 0 Å². The molecule has 2 aromatic rings. The maximum Gasteiger partial charge on any atom is 0.263 e. The highest BCUT2D eigenvalue weighted by Gasteiger charge is 2.22. The molecule has 0 saturated carbocycles. The van der Waals surface area contributed by atoms with Crippen molar-refractivity contribution in [1.29, 1.82) is 0 Å². The van der Waals surface area contributed by atoms with E-state index in [0.29, 0.717) is 33.9 Å². The number of rotatable bonds is 6. The molecular formula is C19H17NO3S2. The summed E-state index contributed by atoms with van der Waals surface area (Å²) in [4.78, 5) is 12.4. The van der Waals surface area contributed by atoms with Crippen LogP contribution in [-0.4, -0.2) is 16.8 Å². The number of amides is 1. The normalized spacial score (nSPS) is 15.3. The standard InChI is InChI=1S/C19H17NO3S2/c1-2-22-16-10-14(11-17-18(21)20-19(24)25-17)8-9-15(16)23-12-13-6-4-3-5-7-13/h3-11H,2,12H2,1H3,(H,20,21,24)/b17-11-. The summed E-state index contributed by atoms with van der Waals surface area (Å²) in [6, 6.07) is 15.6. The van der Waals surface area contributed by atoms with Gasteiger partial charge in [-0.05, 0) is 36.3 Å². The summed E-state index contributed by atoms with van der Waals surface area (Å²) in [5.41, 5.74) is 1.95. The van der Waals surface area contributed by atoms with Crippen molar-refractivity contribution < 1.29 is 14.3 Å². The number of benzene rings is 2. The Bertz CT molecular complexity index is 819. The number of nitrogens with one attached hydrogen (secondary N) is 1. The fourth-order valence-corrected chi connectivity index (χ4v) is 3.35. The molecule has 0 atom stereocenters. The van der Waals surface area contributed by atoms with Gasteiger partial charge in [0.05, 0.1) is 11.5 Å². The van der Waals surface area contributed by atoms with Gasteiger partial charge in [-0.3, -0.25) is 4.79 Å². The third kappa shape index (κ3) is 4.61. The first-order valence-corrected chi connectivity index (χ1v) is 9.06. The van der Waals surface area contributed by atoms with E-state index >= 15 is 0 Å². The van der Waals surface area contributed by atoms with Crippen molar-refractivity contribution in [2.45, 2.75) is 13.5 Å². The summed E-state index contributed by atoms with van der Waals surface area (Å²) >= 11 is 6.26. The Morgan fingerprint density at radius 3 is 2.60 bits per heavy atom. The Labute approximate surface area is 156 Å². The molecule has 2 aromatic carbocycles. The van der Waals surface area contributed by atoms with Crippen molar-refractivity contribution in [3.05, 3.63) is 64.6 Å². The van der Waals surface area contributed by atoms with Crippen LogP contribution >= 0.6 is 24.0 Å². The fourth-order valence-electron chi connectivity index (χ4n) is 2.31. The van der Waals surface area contributed by atoms with Crippen LogP contribution in [0.4, 0.5) is 0 Å². The summed E-state index contributed by atoms with van der Waals surface area (Å²) in [7, 11) is 0. The molecule has 3 rings (SSSR count). The lowest BCUT2D eigenvalue weighted by Crippen LogP contribution is -2.17. The quantitative estimate of drug-likeness (QED) is 0.610. The van der Waals surface area contributed by atoms with Crippen LogP contribution in [0.2, 0.25) is 0 Å². The Balaban J connectivity index is 1.79. The Hall–Kier alpha value is -2.31. The van der Waals surface area contributed by atoms with E-state index in [9.17, 15) is 4.79 Å². The number of hydrogen-bond acceptors (Lipinski definition) is 5. The SMILES string of the molecule is CCOc1cc(/C=C2\SC(=S)NC2=O)ccc1OCc1ccccc1. The summed E-state index contributed by atoms with van der Waals surface area (Å²) in [5.74, 6) is 1.16. The maximum absolute atomic E-state index is 11.8. The summed E-state index contributed by atoms with van der Waals surface area (Å²) in [6.45, 7) is 2.92. The molecule has 1 aliphatic rings. The second-order valence-electron chi connectivity index (χ2n) is 5.27. The Kier molecular flexibility index (Phi) is 5.73. The van der Waals surface area contributed by atoms with Gasteiger partial charge in [-0.15, -0.1) is 0 Å². The molecule has 0 bridgehead atoms. The van der Waals surface area contributed by atoms with Crippen LogP contribution < -0.4 is 14.8 Å². The monoisotopic (exact) mass is 371 g/mol. The van der Waals surface area contributed by atoms with E-state index in [-0.39, 0.29) is 5.91 Å². The first-order chi connectivity index (χ1) is 12.2. The zero-order valence-corrected chi connectivity index (χ0v) is 15.3. The van der Waals surface area contributed by atoms with Gasteiger partial charge in [-0.25, -0.2) is 0 Å². The van der Waals surface area contributed by atoms with Gasteiger partial charge in [0.1, 0.15) is 10.9 Å². The average molecular weight is 371 g/mol. The minimum atomic E-state index is -0.169. The van der Waals surface area contributed by atoms with E-state index in [4.69, 9.17) is 21.7 Å². The third-order valence-electron chi connectivity index (χ3n) is 3.44. The first-order valence-electron chi connectivity index (χ1n) is 7.84. The van der Waals surface area contributed by atoms with E-state index in [1.165, 1.54) is 11.8 Å². The van der Waals surface area contributed by atoms with Gasteiger partial charge in [-0.1, -0.05) is 60.4 Å². The number of carbonyl (C=O) groups is 1. The second kappa shape index (κ2) is 8.18. The molecule has 128 valence electrons. The average Bonchev–Trinajstić information content (AvgIpc) is 2.92. The van der Waals surface area contributed by atoms with E-state index in [1.54, 1.807) is 6.08 Å². The molecule has 25 heavy (non-hydrogen) atoms. The molecule has 1 N–H and O–H groups in total. The van der Waals surface area contributed by atoms with Crippen molar-refractivity contribution in [3.63, 3.8) is 0 Å². The van der Waals surface area contributed by atoms with E-state index in [0.717, 1.165) is 11.1 Å². The van der Waals surface area contributed by atoms with Crippen LogP contribution in [0.3, 0.4) is 0 Å². The molecule has 1 heterocycles. The molecule has 1 aliphatic heterocycles. The molecule has 0 unspecified atom stereocenters. The lowest BCUT2D eigenvalue weighted by atomic mass is 10.2. The van der Waals surface area contributed by atoms with Crippen molar-refractivity contribution in [2.24, 2.45) is 0 Å². The topological polar surface area (TPSA) is 47.6 Å². The summed E-state index contributed by atoms with van der Waals surface area (Å²) < 4.78 is 12.1. The summed E-state index contributed by atoms with van der Waals surface area (Å²) in [5, 5.41) is 2.61. The molecular weight excluding hydrogens is 354 g/mol. The van der Waals surface area contributed by atoms with E-state index in [2.05, 4.69) is 5.32 Å². The van der Waals surface area contributed by atoms with Crippen LogP contribution in [-0.2, 0) is 11.4 Å². The molecule has 1 saturated heterocycles. The molecule has 0 radical (unpaired) electrons. The number of carbonyl (C=O) groups excluding carboxylic acids is 1.